The van der Waals surface area contributed by atoms with Crippen molar-refractivity contribution in [2.75, 3.05) is 6.61 Å². The summed E-state index contributed by atoms with van der Waals surface area (Å²) in [6.45, 7) is 3.38. The number of hydrogen-bond donors (Lipinski definition) is 1. The Morgan fingerprint density at radius 2 is 2.00 bits per heavy atom. The number of benzene rings is 1. The first-order valence-electron chi connectivity index (χ1n) is 6.03. The zero-order valence-electron chi connectivity index (χ0n) is 10.9. The van der Waals surface area contributed by atoms with Gasteiger partial charge >= 0.3 is 5.97 Å². The number of aliphatic hydroxyl groups excluding tert-OH is 1. The molecule has 1 rings (SSSR count). The smallest absolute Gasteiger partial charge is 0.337 e. The number of carbonyl (C=O) groups excluding carboxylic acids is 2. The lowest BCUT2D eigenvalue weighted by molar-refractivity contribution is -0.153. The highest BCUT2D eigenvalue weighted by Crippen LogP contribution is 2.02. The molecule has 0 heterocycles. The Morgan fingerprint density at radius 1 is 1.37 bits per heavy atom. The average molecular weight is 263 g/mol. The van der Waals surface area contributed by atoms with E-state index in [1.54, 1.807) is 37.3 Å². The van der Waals surface area contributed by atoms with Crippen molar-refractivity contribution >= 4 is 18.0 Å². The van der Waals surface area contributed by atoms with E-state index in [0.29, 0.717) is 5.56 Å². The molecule has 0 radical (unpaired) electrons. The number of ketones is 1. The van der Waals surface area contributed by atoms with Gasteiger partial charge in [0.25, 0.3) is 0 Å². The van der Waals surface area contributed by atoms with E-state index in [-0.39, 0.29) is 12.4 Å². The largest absolute Gasteiger partial charge is 0.464 e. The number of rotatable bonds is 6. The molecule has 2 atom stereocenters. The van der Waals surface area contributed by atoms with Crippen LogP contribution >= 0.6 is 0 Å². The molecule has 0 aliphatic carbocycles. The van der Waals surface area contributed by atoms with Crippen molar-refractivity contribution in [2.45, 2.75) is 26.0 Å². The number of aliphatic imine (C=N–C) groups is 1. The van der Waals surface area contributed by atoms with E-state index in [0.717, 1.165) is 6.21 Å². The SMILES string of the molecule is CCOC(=O)C(O)C(C)N=CC(=O)c1ccccc1. The van der Waals surface area contributed by atoms with Crippen LogP contribution in [0.2, 0.25) is 0 Å². The molecule has 19 heavy (non-hydrogen) atoms. The Morgan fingerprint density at radius 3 is 2.58 bits per heavy atom. The van der Waals surface area contributed by atoms with E-state index in [2.05, 4.69) is 9.73 Å². The van der Waals surface area contributed by atoms with Crippen LogP contribution in [-0.4, -0.2) is 41.8 Å². The van der Waals surface area contributed by atoms with Crippen LogP contribution in [0.25, 0.3) is 0 Å². The van der Waals surface area contributed by atoms with Crippen LogP contribution < -0.4 is 0 Å². The maximum atomic E-state index is 11.7. The van der Waals surface area contributed by atoms with E-state index >= 15 is 0 Å². The molecule has 0 aliphatic heterocycles. The van der Waals surface area contributed by atoms with Gasteiger partial charge in [-0.2, -0.15) is 0 Å². The standard InChI is InChI=1S/C14H17NO4/c1-3-19-14(18)13(17)10(2)15-9-12(16)11-7-5-4-6-8-11/h4-10,13,17H,3H2,1-2H3. The van der Waals surface area contributed by atoms with Crippen LogP contribution in [0.3, 0.4) is 0 Å². The second-order valence-electron chi connectivity index (χ2n) is 3.95. The summed E-state index contributed by atoms with van der Waals surface area (Å²) in [5, 5.41) is 9.60. The zero-order valence-corrected chi connectivity index (χ0v) is 10.9. The van der Waals surface area contributed by atoms with Crippen molar-refractivity contribution in [2.24, 2.45) is 4.99 Å². The Bertz CT molecular complexity index is 456. The minimum atomic E-state index is -1.36. The number of nitrogens with zero attached hydrogens (tertiary/aromatic N) is 1. The average Bonchev–Trinajstić information content (AvgIpc) is 2.44. The van der Waals surface area contributed by atoms with Crippen molar-refractivity contribution in [1.29, 1.82) is 0 Å². The number of hydrogen-bond acceptors (Lipinski definition) is 5. The third kappa shape index (κ3) is 4.63. The molecule has 0 spiro atoms. The lowest BCUT2D eigenvalue weighted by atomic mass is 10.1. The Hall–Kier alpha value is -2.01. The summed E-state index contributed by atoms with van der Waals surface area (Å²) in [4.78, 5) is 26.9. The quantitative estimate of drug-likeness (QED) is 0.476. The van der Waals surface area contributed by atoms with Gasteiger partial charge in [-0.05, 0) is 13.8 Å². The van der Waals surface area contributed by atoms with Gasteiger partial charge in [0.05, 0.1) is 18.9 Å². The molecule has 0 fully saturated rings. The predicted octanol–water partition coefficient (Wildman–Crippen LogP) is 1.25. The van der Waals surface area contributed by atoms with E-state index in [1.165, 1.54) is 6.92 Å². The third-order valence-corrected chi connectivity index (χ3v) is 2.47. The maximum Gasteiger partial charge on any atom is 0.337 e. The van der Waals surface area contributed by atoms with Gasteiger partial charge in [-0.1, -0.05) is 30.3 Å². The summed E-state index contributed by atoms with van der Waals surface area (Å²) >= 11 is 0. The van der Waals surface area contributed by atoms with Gasteiger partial charge < -0.3 is 9.84 Å². The first-order chi connectivity index (χ1) is 9.06. The van der Waals surface area contributed by atoms with Crippen LogP contribution in [-0.2, 0) is 9.53 Å². The Kier molecular flexibility index (Phi) is 5.89. The minimum absolute atomic E-state index is 0.190. The molecule has 2 unspecified atom stereocenters. The Labute approximate surface area is 111 Å². The van der Waals surface area contributed by atoms with Crippen LogP contribution in [0, 0.1) is 0 Å². The Balaban J connectivity index is 2.61. The van der Waals surface area contributed by atoms with Gasteiger partial charge in [0.2, 0.25) is 5.78 Å². The van der Waals surface area contributed by atoms with Gasteiger partial charge in [0, 0.05) is 5.56 Å². The number of carbonyl (C=O) groups is 2. The molecule has 0 saturated carbocycles. The van der Waals surface area contributed by atoms with Crippen LogP contribution in [0.1, 0.15) is 24.2 Å². The van der Waals surface area contributed by atoms with E-state index in [9.17, 15) is 14.7 Å². The highest BCUT2D eigenvalue weighted by atomic mass is 16.5. The monoisotopic (exact) mass is 263 g/mol. The molecule has 0 amide bonds. The van der Waals surface area contributed by atoms with Gasteiger partial charge in [-0.15, -0.1) is 0 Å². The first kappa shape index (κ1) is 15.0. The van der Waals surface area contributed by atoms with Gasteiger partial charge in [-0.3, -0.25) is 9.79 Å². The molecule has 1 aromatic rings. The molecular weight excluding hydrogens is 246 g/mol. The minimum Gasteiger partial charge on any atom is -0.464 e. The molecule has 102 valence electrons. The first-order valence-corrected chi connectivity index (χ1v) is 6.03. The fourth-order valence-electron chi connectivity index (χ4n) is 1.37. The predicted molar refractivity (Wildman–Crippen MR) is 71.4 cm³/mol. The normalized spacial score (nSPS) is 14.1. The highest BCUT2D eigenvalue weighted by molar-refractivity contribution is 6.35. The third-order valence-electron chi connectivity index (χ3n) is 2.47. The summed E-state index contributed by atoms with van der Waals surface area (Å²) in [7, 11) is 0. The van der Waals surface area contributed by atoms with E-state index < -0.39 is 18.1 Å². The summed E-state index contributed by atoms with van der Waals surface area (Å²) in [6.07, 6.45) is -0.248. The molecular formula is C14H17NO4. The molecule has 0 aliphatic rings. The second-order valence-corrected chi connectivity index (χ2v) is 3.95. The lowest BCUT2D eigenvalue weighted by Gasteiger charge is -2.12. The van der Waals surface area contributed by atoms with Gasteiger partial charge in [-0.25, -0.2) is 4.79 Å². The molecule has 0 bridgehead atoms. The number of ether oxygens (including phenoxy) is 1. The van der Waals surface area contributed by atoms with Gasteiger partial charge in [0.15, 0.2) is 6.10 Å². The number of Topliss-reactive ketones (excluding diaryl/α,β-unsaturated/α-hetero) is 1. The van der Waals surface area contributed by atoms with Crippen molar-refractivity contribution in [3.05, 3.63) is 35.9 Å². The molecule has 1 aromatic carbocycles. The summed E-state index contributed by atoms with van der Waals surface area (Å²) in [6, 6.07) is 7.91. The fourth-order valence-corrected chi connectivity index (χ4v) is 1.37. The van der Waals surface area contributed by atoms with Crippen molar-refractivity contribution in [3.8, 4) is 0 Å². The van der Waals surface area contributed by atoms with Crippen molar-refractivity contribution in [1.82, 2.24) is 0 Å². The van der Waals surface area contributed by atoms with Crippen LogP contribution in [0.15, 0.2) is 35.3 Å². The highest BCUT2D eigenvalue weighted by Gasteiger charge is 2.22. The van der Waals surface area contributed by atoms with Crippen LogP contribution in [0.4, 0.5) is 0 Å². The molecule has 0 saturated heterocycles. The lowest BCUT2D eigenvalue weighted by Crippen LogP contribution is -2.32. The summed E-state index contributed by atoms with van der Waals surface area (Å²) in [5.41, 5.74) is 0.504. The van der Waals surface area contributed by atoms with E-state index in [4.69, 9.17) is 0 Å². The molecule has 5 nitrogen and oxygen atoms in total. The fraction of sp³-hybridized carbons (Fsp3) is 0.357. The topological polar surface area (TPSA) is 76.0 Å². The van der Waals surface area contributed by atoms with E-state index in [1.807, 2.05) is 0 Å². The zero-order chi connectivity index (χ0) is 14.3. The molecule has 0 aromatic heterocycles. The van der Waals surface area contributed by atoms with Crippen molar-refractivity contribution < 1.29 is 19.4 Å². The molecule has 5 heteroatoms. The maximum absolute atomic E-state index is 11.7. The summed E-state index contributed by atoms with van der Waals surface area (Å²) < 4.78 is 4.67. The van der Waals surface area contributed by atoms with Crippen molar-refractivity contribution in [3.63, 3.8) is 0 Å². The summed E-state index contributed by atoms with van der Waals surface area (Å²) in [5.74, 6) is -1.01. The molecule has 1 N–H and O–H groups in total. The second kappa shape index (κ2) is 7.43. The van der Waals surface area contributed by atoms with Gasteiger partial charge in [0.1, 0.15) is 0 Å². The van der Waals surface area contributed by atoms with Crippen LogP contribution in [0.5, 0.6) is 0 Å². The number of esters is 1. The number of aliphatic hydroxyl groups is 1.